The number of nitrogens with zero attached hydrogens (tertiary/aromatic N) is 6. The van der Waals surface area contributed by atoms with E-state index in [1.54, 1.807) is 0 Å². The van der Waals surface area contributed by atoms with Gasteiger partial charge in [-0.15, -0.1) is 0 Å². The van der Waals surface area contributed by atoms with Crippen LogP contribution in [0.1, 0.15) is 0 Å². The number of hydrogen-bond acceptors (Lipinski definition) is 9. The summed E-state index contributed by atoms with van der Waals surface area (Å²) in [5, 5.41) is 10.1. The predicted molar refractivity (Wildman–Crippen MR) is 96.3 cm³/mol. The second-order valence-corrected chi connectivity index (χ2v) is 14.5. The molecule has 0 atom stereocenters. The monoisotopic (exact) mass is 357 g/mol. The van der Waals surface area contributed by atoms with Gasteiger partial charge in [0, 0.05) is 0 Å². The van der Waals surface area contributed by atoms with Crippen molar-refractivity contribution in [3.05, 3.63) is 0 Å². The quantitative estimate of drug-likeness (QED) is 0.632. The molecule has 21 heavy (non-hydrogen) atoms. The zero-order valence-corrected chi connectivity index (χ0v) is 17.2. The van der Waals surface area contributed by atoms with Gasteiger partial charge in [0.2, 0.25) is 22.5 Å². The largest absolute Gasteiger partial charge is 0.256 e. The Hall–Kier alpha value is 0.450. The molecule has 3 N–H and O–H groups in total. The number of rotatable bonds is 6. The third-order valence-corrected chi connectivity index (χ3v) is 14.5. The van der Waals surface area contributed by atoms with E-state index in [9.17, 15) is 0 Å². The van der Waals surface area contributed by atoms with Crippen molar-refractivity contribution in [2.45, 2.75) is 0 Å². The van der Waals surface area contributed by atoms with Crippen LogP contribution in [0.15, 0.2) is 13.5 Å². The minimum atomic E-state index is -2.20. The fraction of sp³-hybridized carbons (Fsp3) is 1.00. The summed E-state index contributed by atoms with van der Waals surface area (Å²) < 4.78 is 21.5. The van der Waals surface area contributed by atoms with E-state index in [4.69, 9.17) is 13.5 Å². The molecule has 1 aliphatic heterocycles. The maximum absolute atomic E-state index is 5.09. The molecule has 0 saturated carbocycles. The Morgan fingerprint density at radius 2 is 0.714 bits per heavy atom. The van der Waals surface area contributed by atoms with Gasteiger partial charge in [0.05, 0.1) is 0 Å². The highest BCUT2D eigenvalue weighted by Gasteiger charge is 2.38. The minimum absolute atomic E-state index is 1.92. The maximum atomic E-state index is 5.09. The van der Waals surface area contributed by atoms with E-state index in [1.807, 2.05) is 63.4 Å². The molecule has 0 aromatic carbocycles. The molecule has 0 unspecified atom stereocenters. The molecule has 126 valence electrons. The summed E-state index contributed by atoms with van der Waals surface area (Å²) in [4.78, 5) is 0. The van der Waals surface area contributed by atoms with Crippen LogP contribution in [-0.2, 0) is 0 Å². The van der Waals surface area contributed by atoms with Crippen LogP contribution in [0.4, 0.5) is 0 Å². The molecule has 0 aromatic rings. The van der Waals surface area contributed by atoms with E-state index in [2.05, 4.69) is 29.3 Å². The third kappa shape index (κ3) is 3.37. The van der Waals surface area contributed by atoms with Gasteiger partial charge in [-0.2, -0.15) is 13.5 Å². The zero-order chi connectivity index (χ0) is 16.5. The predicted octanol–water partition coefficient (Wildman–Crippen LogP) is 2.18. The Kier molecular flexibility index (Phi) is 6.42. The molecule has 0 fully saturated rings. The second-order valence-electron chi connectivity index (χ2n) is 5.19. The molecule has 0 spiro atoms. The Morgan fingerprint density at radius 3 is 0.810 bits per heavy atom. The van der Waals surface area contributed by atoms with Crippen LogP contribution in [0, 0.1) is 0 Å². The van der Waals surface area contributed by atoms with Gasteiger partial charge in [-0.05, 0) is 63.4 Å². The first-order valence-electron chi connectivity index (χ1n) is 6.65. The van der Waals surface area contributed by atoms with Gasteiger partial charge in [0.15, 0.2) is 0 Å². The highest BCUT2D eigenvalue weighted by atomic mass is 31.3. The van der Waals surface area contributed by atoms with Crippen molar-refractivity contribution in [1.29, 1.82) is 0 Å². The van der Waals surface area contributed by atoms with Crippen molar-refractivity contribution in [3.63, 3.8) is 0 Å². The topological polar surface area (TPSA) is 82.9 Å². The Bertz CT molecular complexity index is 444. The summed E-state index contributed by atoms with van der Waals surface area (Å²) >= 11 is 0. The van der Waals surface area contributed by atoms with Gasteiger partial charge in [0.1, 0.15) is 0 Å². The third-order valence-electron chi connectivity index (χ3n) is 3.32. The van der Waals surface area contributed by atoms with Crippen LogP contribution in [-0.4, -0.2) is 77.4 Å². The van der Waals surface area contributed by atoms with Gasteiger partial charge in [-0.1, -0.05) is 0 Å². The van der Waals surface area contributed by atoms with Crippen LogP contribution in [0.25, 0.3) is 0 Å². The molecule has 0 radical (unpaired) electrons. The normalized spacial score (nSPS) is 36.6. The van der Waals surface area contributed by atoms with E-state index >= 15 is 0 Å². The molecular formula is C9H30N9P3. The van der Waals surface area contributed by atoms with Gasteiger partial charge < -0.3 is 0 Å². The van der Waals surface area contributed by atoms with E-state index < -0.39 is 22.5 Å². The minimum Gasteiger partial charge on any atom is -0.256 e. The Labute approximate surface area is 129 Å². The molecule has 12 heteroatoms. The molecular weight excluding hydrogens is 327 g/mol. The molecule has 0 amide bonds. The summed E-state index contributed by atoms with van der Waals surface area (Å²) in [5.41, 5.74) is 0. The van der Waals surface area contributed by atoms with E-state index in [-0.39, 0.29) is 0 Å². The van der Waals surface area contributed by atoms with Crippen LogP contribution in [0.3, 0.4) is 0 Å². The second kappa shape index (κ2) is 6.91. The summed E-state index contributed by atoms with van der Waals surface area (Å²) in [6.07, 6.45) is 0. The maximum Gasteiger partial charge on any atom is 0.217 e. The van der Waals surface area contributed by atoms with Gasteiger partial charge in [-0.25, -0.2) is 14.0 Å². The first-order valence-corrected chi connectivity index (χ1v) is 11.6. The van der Waals surface area contributed by atoms with Crippen molar-refractivity contribution in [2.24, 2.45) is 13.5 Å². The SMILES string of the molecule is CNP1(N(C)C)=NP(NC)(N(C)C)=NP(NC)(N(C)C)=N1. The zero-order valence-electron chi connectivity index (χ0n) is 14.5. The van der Waals surface area contributed by atoms with Crippen molar-refractivity contribution in [2.75, 3.05) is 63.4 Å². The van der Waals surface area contributed by atoms with Crippen molar-refractivity contribution >= 4 is 22.5 Å². The van der Waals surface area contributed by atoms with Crippen LogP contribution >= 0.6 is 22.5 Å². The Balaban J connectivity index is 3.89. The lowest BCUT2D eigenvalue weighted by Crippen LogP contribution is -2.27. The molecule has 0 aliphatic carbocycles. The lowest BCUT2D eigenvalue weighted by Gasteiger charge is -2.41. The first-order chi connectivity index (χ1) is 9.63. The summed E-state index contributed by atoms with van der Waals surface area (Å²) in [6.45, 7) is 0. The van der Waals surface area contributed by atoms with Gasteiger partial charge >= 0.3 is 0 Å². The fourth-order valence-electron chi connectivity index (χ4n) is 1.92. The molecule has 1 heterocycles. The summed E-state index contributed by atoms with van der Waals surface area (Å²) in [5.74, 6) is 0. The highest BCUT2D eigenvalue weighted by Crippen LogP contribution is 2.75. The highest BCUT2D eigenvalue weighted by molar-refractivity contribution is 7.83. The van der Waals surface area contributed by atoms with Crippen LogP contribution in [0.5, 0.6) is 0 Å². The average molecular weight is 357 g/mol. The van der Waals surface area contributed by atoms with E-state index in [1.165, 1.54) is 0 Å². The fourth-order valence-corrected chi connectivity index (χ4v) is 14.7. The average Bonchev–Trinajstić information content (AvgIpc) is 2.45. The van der Waals surface area contributed by atoms with Gasteiger partial charge in [-0.3, -0.25) is 15.3 Å². The van der Waals surface area contributed by atoms with E-state index in [0.29, 0.717) is 0 Å². The first kappa shape index (κ1) is 19.5. The Morgan fingerprint density at radius 1 is 0.524 bits per heavy atom. The van der Waals surface area contributed by atoms with Crippen molar-refractivity contribution < 1.29 is 0 Å². The van der Waals surface area contributed by atoms with Crippen LogP contribution in [0.2, 0.25) is 0 Å². The molecule has 0 aromatic heterocycles. The lowest BCUT2D eigenvalue weighted by atomic mass is 11.3. The number of nitrogens with one attached hydrogen (secondary N) is 3. The van der Waals surface area contributed by atoms with E-state index in [0.717, 1.165) is 0 Å². The molecule has 1 aliphatic rings. The van der Waals surface area contributed by atoms with Gasteiger partial charge in [0.25, 0.3) is 0 Å². The lowest BCUT2D eigenvalue weighted by molar-refractivity contribution is 0.630. The van der Waals surface area contributed by atoms with Crippen molar-refractivity contribution in [3.8, 4) is 0 Å². The molecule has 1 rings (SSSR count). The standard InChI is InChI=1S/C9H30N9P3/c1-10-19(16(4)5)13-20(11-2,17(6)7)15-21(12-3,14-19)18(8)9/h10-12H,1-9H3. The smallest absolute Gasteiger partial charge is 0.217 e. The summed E-state index contributed by atoms with van der Waals surface area (Å²) in [7, 11) is 11.3. The van der Waals surface area contributed by atoms with Crippen molar-refractivity contribution in [1.82, 2.24) is 29.3 Å². The molecule has 0 bridgehead atoms. The summed E-state index contributed by atoms with van der Waals surface area (Å²) in [6, 6.07) is 0. The molecule has 9 nitrogen and oxygen atoms in total. The molecule has 0 saturated heterocycles. The number of hydrogen-bond donors (Lipinski definition) is 3. The van der Waals surface area contributed by atoms with Crippen LogP contribution < -0.4 is 15.3 Å².